The highest BCUT2D eigenvalue weighted by Gasteiger charge is 2.59. The predicted molar refractivity (Wildman–Crippen MR) is 130 cm³/mol. The van der Waals surface area contributed by atoms with E-state index < -0.39 is 4.87 Å². The van der Waals surface area contributed by atoms with Gasteiger partial charge < -0.3 is 10.2 Å². The zero-order chi connectivity index (χ0) is 22.3. The molecule has 0 radical (unpaired) electrons. The van der Waals surface area contributed by atoms with Crippen molar-refractivity contribution in [1.29, 1.82) is 0 Å². The van der Waals surface area contributed by atoms with Gasteiger partial charge in [0.15, 0.2) is 4.87 Å². The minimum Gasteiger partial charge on any atom is -0.308 e. The normalized spacial score (nSPS) is 19.5. The van der Waals surface area contributed by atoms with Crippen molar-refractivity contribution >= 4 is 46.7 Å². The Morgan fingerprint density at radius 3 is 2.66 bits per heavy atom. The number of halogens is 1. The number of hydrogen-bond donors (Lipinski definition) is 1. The van der Waals surface area contributed by atoms with E-state index in [1.807, 2.05) is 55.5 Å². The molecule has 32 heavy (non-hydrogen) atoms. The molecule has 1 spiro atoms. The summed E-state index contributed by atoms with van der Waals surface area (Å²) in [5.41, 5.74) is 4.54. The molecule has 0 saturated carbocycles. The molecule has 162 valence electrons. The van der Waals surface area contributed by atoms with Gasteiger partial charge in [0.2, 0.25) is 0 Å². The van der Waals surface area contributed by atoms with Gasteiger partial charge in [-0.2, -0.15) is 0 Å². The molecule has 2 heterocycles. The average Bonchev–Trinajstić information content (AvgIpc) is 3.33. The minimum absolute atomic E-state index is 0.0805. The number of urea groups is 1. The van der Waals surface area contributed by atoms with Crippen LogP contribution in [0.1, 0.15) is 16.7 Å². The van der Waals surface area contributed by atoms with Crippen molar-refractivity contribution in [2.45, 2.75) is 18.3 Å². The zero-order valence-electron chi connectivity index (χ0n) is 17.5. The van der Waals surface area contributed by atoms with Crippen LogP contribution in [0.4, 0.5) is 16.2 Å². The topological polar surface area (TPSA) is 52.7 Å². The lowest BCUT2D eigenvalue weighted by Crippen LogP contribution is -2.51. The van der Waals surface area contributed by atoms with Gasteiger partial charge in [0, 0.05) is 28.6 Å². The molecule has 0 aliphatic carbocycles. The fourth-order valence-electron chi connectivity index (χ4n) is 4.36. The first kappa shape index (κ1) is 20.9. The summed E-state index contributed by atoms with van der Waals surface area (Å²) in [5, 5.41) is 3.46. The first-order chi connectivity index (χ1) is 15.5. The number of carbonyl (C=O) groups is 2. The van der Waals surface area contributed by atoms with Crippen LogP contribution in [0, 0.1) is 6.92 Å². The molecule has 1 saturated heterocycles. The first-order valence-electron chi connectivity index (χ1n) is 10.4. The van der Waals surface area contributed by atoms with Crippen molar-refractivity contribution in [3.63, 3.8) is 0 Å². The summed E-state index contributed by atoms with van der Waals surface area (Å²) < 4.78 is 0. The number of aryl methyl sites for hydroxylation is 1. The highest BCUT2D eigenvalue weighted by atomic mass is 35.5. The van der Waals surface area contributed by atoms with Crippen molar-refractivity contribution in [3.8, 4) is 0 Å². The van der Waals surface area contributed by atoms with Crippen molar-refractivity contribution < 1.29 is 9.59 Å². The van der Waals surface area contributed by atoms with Crippen molar-refractivity contribution in [1.82, 2.24) is 4.90 Å². The van der Waals surface area contributed by atoms with Gasteiger partial charge in [-0.1, -0.05) is 65.7 Å². The quantitative estimate of drug-likeness (QED) is 0.547. The Labute approximate surface area is 196 Å². The standard InChI is InChI=1S/C25H22ClN3O2S/c1-17-9-11-18(12-10-17)16-28-22-8-3-2-7-21(22)25(23(28)30)29(13-14-32-25)24(31)27-20-6-4-5-19(26)15-20/h2-12,15H,13-14,16H2,1H3,(H,27,31). The molecule has 0 aromatic heterocycles. The first-order valence-corrected chi connectivity index (χ1v) is 11.8. The van der Waals surface area contributed by atoms with Crippen LogP contribution in [0.15, 0.2) is 72.8 Å². The Kier molecular flexibility index (Phi) is 5.35. The Balaban J connectivity index is 1.50. The predicted octanol–water partition coefficient (Wildman–Crippen LogP) is 5.63. The van der Waals surface area contributed by atoms with Crippen LogP contribution >= 0.6 is 23.4 Å². The molecule has 7 heteroatoms. The van der Waals surface area contributed by atoms with Crippen LogP contribution in [0.3, 0.4) is 0 Å². The molecule has 2 aliphatic rings. The summed E-state index contributed by atoms with van der Waals surface area (Å²) in [6.07, 6.45) is 0. The van der Waals surface area contributed by atoms with E-state index in [4.69, 9.17) is 11.6 Å². The third-order valence-corrected chi connectivity index (χ3v) is 7.54. The van der Waals surface area contributed by atoms with Gasteiger partial charge in [-0.25, -0.2) is 4.79 Å². The van der Waals surface area contributed by atoms with Gasteiger partial charge in [0.05, 0.1) is 12.2 Å². The second-order valence-electron chi connectivity index (χ2n) is 7.98. The number of carbonyl (C=O) groups excluding carboxylic acids is 2. The molecule has 0 bridgehead atoms. The van der Waals surface area contributed by atoms with Crippen LogP contribution in [0.5, 0.6) is 0 Å². The third-order valence-electron chi connectivity index (χ3n) is 5.88. The SMILES string of the molecule is Cc1ccc(CN2C(=O)C3(SCCN3C(=O)Nc3cccc(Cl)c3)c3ccccc32)cc1. The summed E-state index contributed by atoms with van der Waals surface area (Å²) in [6.45, 7) is 2.98. The number of hydrogen-bond acceptors (Lipinski definition) is 3. The van der Waals surface area contributed by atoms with Crippen molar-refractivity contribution in [3.05, 3.63) is 94.5 Å². The molecule has 5 rings (SSSR count). The third kappa shape index (κ3) is 3.44. The van der Waals surface area contributed by atoms with Gasteiger partial charge in [0.25, 0.3) is 5.91 Å². The van der Waals surface area contributed by atoms with E-state index in [-0.39, 0.29) is 11.9 Å². The van der Waals surface area contributed by atoms with Crippen molar-refractivity contribution in [2.75, 3.05) is 22.5 Å². The van der Waals surface area contributed by atoms with Crippen LogP contribution in [-0.2, 0) is 16.2 Å². The molecule has 1 N–H and O–H groups in total. The summed E-state index contributed by atoms with van der Waals surface area (Å²) in [5.74, 6) is 0.601. The molecular formula is C25H22ClN3O2S. The van der Waals surface area contributed by atoms with E-state index in [1.165, 1.54) is 17.3 Å². The number of nitrogens with zero attached hydrogens (tertiary/aromatic N) is 2. The summed E-state index contributed by atoms with van der Waals surface area (Å²) in [4.78, 5) is 29.7. The number of thioether (sulfide) groups is 1. The van der Waals surface area contributed by atoms with Gasteiger partial charge in [0.1, 0.15) is 0 Å². The fourth-order valence-corrected chi connectivity index (χ4v) is 6.01. The van der Waals surface area contributed by atoms with Gasteiger partial charge in [-0.15, -0.1) is 11.8 Å². The largest absolute Gasteiger partial charge is 0.323 e. The molecule has 3 amide bonds. The molecule has 3 aromatic carbocycles. The monoisotopic (exact) mass is 463 g/mol. The number of para-hydroxylation sites is 1. The Hall–Kier alpha value is -2.96. The molecule has 1 fully saturated rings. The Bertz CT molecular complexity index is 1200. The lowest BCUT2D eigenvalue weighted by atomic mass is 10.1. The maximum atomic E-state index is 13.9. The van der Waals surface area contributed by atoms with Gasteiger partial charge in [-0.05, 0) is 36.8 Å². The lowest BCUT2D eigenvalue weighted by Gasteiger charge is -2.33. The lowest BCUT2D eigenvalue weighted by molar-refractivity contribution is -0.123. The number of rotatable bonds is 3. The molecule has 1 unspecified atom stereocenters. The summed E-state index contributed by atoms with van der Waals surface area (Å²) in [6, 6.07) is 22.7. The second kappa shape index (κ2) is 8.19. The van der Waals surface area contributed by atoms with Crippen LogP contribution in [0.25, 0.3) is 0 Å². The fraction of sp³-hybridized carbons (Fsp3) is 0.200. The van der Waals surface area contributed by atoms with E-state index in [1.54, 1.807) is 34.1 Å². The van der Waals surface area contributed by atoms with Crippen LogP contribution < -0.4 is 10.2 Å². The summed E-state index contributed by atoms with van der Waals surface area (Å²) >= 11 is 7.59. The number of anilines is 2. The summed E-state index contributed by atoms with van der Waals surface area (Å²) in [7, 11) is 0. The second-order valence-corrected chi connectivity index (χ2v) is 9.70. The van der Waals surface area contributed by atoms with Gasteiger partial charge >= 0.3 is 6.03 Å². The number of amides is 3. The smallest absolute Gasteiger partial charge is 0.308 e. The zero-order valence-corrected chi connectivity index (χ0v) is 19.1. The highest BCUT2D eigenvalue weighted by Crippen LogP contribution is 2.54. The maximum absolute atomic E-state index is 13.9. The Morgan fingerprint density at radius 1 is 1.09 bits per heavy atom. The number of benzene rings is 3. The molecule has 2 aliphatic heterocycles. The van der Waals surface area contributed by atoms with E-state index in [0.29, 0.717) is 29.6 Å². The average molecular weight is 464 g/mol. The molecule has 1 atom stereocenters. The molecule has 3 aromatic rings. The van der Waals surface area contributed by atoms with E-state index in [9.17, 15) is 9.59 Å². The maximum Gasteiger partial charge on any atom is 0.323 e. The highest BCUT2D eigenvalue weighted by molar-refractivity contribution is 8.01. The van der Waals surface area contributed by atoms with E-state index in [2.05, 4.69) is 5.32 Å². The van der Waals surface area contributed by atoms with E-state index in [0.717, 1.165) is 16.8 Å². The minimum atomic E-state index is -1.07. The number of fused-ring (bicyclic) bond motifs is 2. The molecular weight excluding hydrogens is 442 g/mol. The van der Waals surface area contributed by atoms with Crippen LogP contribution in [-0.4, -0.2) is 29.1 Å². The molecule has 5 nitrogen and oxygen atoms in total. The number of nitrogens with one attached hydrogen (secondary N) is 1. The van der Waals surface area contributed by atoms with Crippen molar-refractivity contribution in [2.24, 2.45) is 0 Å². The van der Waals surface area contributed by atoms with E-state index >= 15 is 0 Å². The van der Waals surface area contributed by atoms with Crippen LogP contribution in [0.2, 0.25) is 5.02 Å². The Morgan fingerprint density at radius 2 is 1.88 bits per heavy atom. The van der Waals surface area contributed by atoms with Gasteiger partial charge in [-0.3, -0.25) is 9.69 Å².